The van der Waals surface area contributed by atoms with Gasteiger partial charge in [-0.15, -0.1) is 0 Å². The third kappa shape index (κ3) is 1.62. The SMILES string of the molecule is O=C(O)C1C2C3C=CC(C4C(=O)N(Cc5ccccc5)C(=O)C34)C12. The summed E-state index contributed by atoms with van der Waals surface area (Å²) in [5.41, 5.74) is 0.937. The Morgan fingerprint density at radius 3 is 2.00 bits per heavy atom. The number of carbonyl (C=O) groups is 3. The summed E-state index contributed by atoms with van der Waals surface area (Å²) in [6.45, 7) is 0.308. The Labute approximate surface area is 139 Å². The molecule has 5 nitrogen and oxygen atoms in total. The topological polar surface area (TPSA) is 74.7 Å². The normalized spacial score (nSPS) is 41.3. The van der Waals surface area contributed by atoms with Crippen LogP contribution >= 0.6 is 0 Å². The van der Waals surface area contributed by atoms with E-state index in [0.29, 0.717) is 6.54 Å². The summed E-state index contributed by atoms with van der Waals surface area (Å²) >= 11 is 0. The maximum atomic E-state index is 12.9. The lowest BCUT2D eigenvalue weighted by Crippen LogP contribution is -2.40. The fourth-order valence-electron chi connectivity index (χ4n) is 5.42. The molecule has 1 N–H and O–H groups in total. The molecule has 3 fully saturated rings. The minimum atomic E-state index is -0.787. The predicted octanol–water partition coefficient (Wildman–Crippen LogP) is 1.55. The van der Waals surface area contributed by atoms with Crippen molar-refractivity contribution in [1.82, 2.24) is 4.90 Å². The number of benzene rings is 1. The number of carboxylic acids is 1. The molecule has 24 heavy (non-hydrogen) atoms. The van der Waals surface area contributed by atoms with Crippen molar-refractivity contribution in [2.45, 2.75) is 6.54 Å². The Balaban J connectivity index is 1.46. The standard InChI is InChI=1S/C19H17NO4/c21-17-14-10-6-7-11(13-12(10)16(13)19(23)24)15(14)18(22)20(17)8-9-4-2-1-3-5-9/h1-7,10-16H,8H2,(H,23,24). The van der Waals surface area contributed by atoms with Crippen LogP contribution in [0.25, 0.3) is 0 Å². The average Bonchev–Trinajstić information content (AvgIpc) is 3.31. The number of carbonyl (C=O) groups excluding carboxylic acids is 2. The molecule has 1 aromatic rings. The number of carboxylic acid groups (broad SMARTS) is 1. The van der Waals surface area contributed by atoms with Crippen molar-refractivity contribution < 1.29 is 19.5 Å². The van der Waals surface area contributed by atoms with Gasteiger partial charge in [0.05, 0.1) is 24.3 Å². The summed E-state index contributed by atoms with van der Waals surface area (Å²) in [4.78, 5) is 38.6. The second-order valence-corrected chi connectivity index (χ2v) is 7.36. The molecule has 6 unspecified atom stereocenters. The maximum absolute atomic E-state index is 12.9. The average molecular weight is 323 g/mol. The second kappa shape index (κ2) is 4.56. The molecule has 5 heteroatoms. The van der Waals surface area contributed by atoms with E-state index in [1.165, 1.54) is 4.90 Å². The van der Waals surface area contributed by atoms with Gasteiger partial charge in [0.25, 0.3) is 0 Å². The summed E-state index contributed by atoms with van der Waals surface area (Å²) in [6, 6.07) is 9.51. The first kappa shape index (κ1) is 14.0. The first-order valence-corrected chi connectivity index (χ1v) is 8.40. The van der Waals surface area contributed by atoms with Crippen LogP contribution in [-0.2, 0) is 20.9 Å². The van der Waals surface area contributed by atoms with Crippen LogP contribution in [0.3, 0.4) is 0 Å². The van der Waals surface area contributed by atoms with Crippen molar-refractivity contribution >= 4 is 17.8 Å². The Morgan fingerprint density at radius 1 is 0.958 bits per heavy atom. The van der Waals surface area contributed by atoms with Gasteiger partial charge < -0.3 is 5.11 Å². The van der Waals surface area contributed by atoms with E-state index < -0.39 is 5.97 Å². The van der Waals surface area contributed by atoms with E-state index in [1.807, 2.05) is 42.5 Å². The van der Waals surface area contributed by atoms with Crippen LogP contribution in [0.2, 0.25) is 0 Å². The molecule has 6 rings (SSSR count). The highest BCUT2D eigenvalue weighted by atomic mass is 16.4. The van der Waals surface area contributed by atoms with Crippen LogP contribution in [0.5, 0.6) is 0 Å². The van der Waals surface area contributed by atoms with Gasteiger partial charge in [0.2, 0.25) is 11.8 Å². The molecule has 122 valence electrons. The first-order valence-electron chi connectivity index (χ1n) is 8.40. The number of aliphatic carboxylic acids is 1. The van der Waals surface area contributed by atoms with Crippen LogP contribution in [0, 0.1) is 41.4 Å². The number of rotatable bonds is 3. The number of imide groups is 1. The molecule has 0 radical (unpaired) electrons. The molecule has 1 aromatic carbocycles. The van der Waals surface area contributed by atoms with Crippen LogP contribution in [0.15, 0.2) is 42.5 Å². The van der Waals surface area contributed by atoms with E-state index in [9.17, 15) is 19.5 Å². The number of allylic oxidation sites excluding steroid dienone is 2. The van der Waals surface area contributed by atoms with Gasteiger partial charge in [-0.2, -0.15) is 0 Å². The van der Waals surface area contributed by atoms with E-state index in [0.717, 1.165) is 5.56 Å². The van der Waals surface area contributed by atoms with Crippen molar-refractivity contribution in [3.05, 3.63) is 48.0 Å². The maximum Gasteiger partial charge on any atom is 0.307 e. The van der Waals surface area contributed by atoms with Crippen molar-refractivity contribution in [3.8, 4) is 0 Å². The van der Waals surface area contributed by atoms with Gasteiger partial charge in [0.15, 0.2) is 0 Å². The quantitative estimate of drug-likeness (QED) is 0.676. The van der Waals surface area contributed by atoms with Crippen LogP contribution < -0.4 is 0 Å². The van der Waals surface area contributed by atoms with Gasteiger partial charge in [0, 0.05) is 0 Å². The van der Waals surface area contributed by atoms with Crippen LogP contribution in [-0.4, -0.2) is 27.8 Å². The largest absolute Gasteiger partial charge is 0.481 e. The number of hydrogen-bond donors (Lipinski definition) is 1. The summed E-state index contributed by atoms with van der Waals surface area (Å²) in [7, 11) is 0. The zero-order valence-electron chi connectivity index (χ0n) is 12.9. The summed E-state index contributed by atoms with van der Waals surface area (Å²) in [5, 5.41) is 9.38. The lowest BCUT2D eigenvalue weighted by Gasteiger charge is -2.37. The molecular weight excluding hydrogens is 306 g/mol. The molecule has 0 aromatic heterocycles. The number of amides is 2. The predicted molar refractivity (Wildman–Crippen MR) is 83.2 cm³/mol. The lowest BCUT2D eigenvalue weighted by atomic mass is 9.63. The lowest BCUT2D eigenvalue weighted by molar-refractivity contribution is -0.142. The molecule has 2 amide bonds. The van der Waals surface area contributed by atoms with Gasteiger partial charge in [-0.25, -0.2) is 0 Å². The minimum absolute atomic E-state index is 0.0344. The summed E-state index contributed by atoms with van der Waals surface area (Å²) in [6.07, 6.45) is 3.99. The van der Waals surface area contributed by atoms with E-state index >= 15 is 0 Å². The van der Waals surface area contributed by atoms with Gasteiger partial charge in [-0.1, -0.05) is 42.5 Å². The van der Waals surface area contributed by atoms with Gasteiger partial charge in [0.1, 0.15) is 0 Å². The highest BCUT2D eigenvalue weighted by Gasteiger charge is 2.73. The fraction of sp³-hybridized carbons (Fsp3) is 0.421. The van der Waals surface area contributed by atoms with E-state index in [-0.39, 0.29) is 53.2 Å². The number of nitrogens with zero attached hydrogens (tertiary/aromatic N) is 1. The molecule has 1 aliphatic heterocycles. The smallest absolute Gasteiger partial charge is 0.307 e. The second-order valence-electron chi connectivity index (χ2n) is 7.36. The Kier molecular flexibility index (Phi) is 2.65. The molecular formula is C19H17NO4. The van der Waals surface area contributed by atoms with E-state index in [1.54, 1.807) is 0 Å². The molecule has 1 heterocycles. The highest BCUT2D eigenvalue weighted by molar-refractivity contribution is 6.06. The third-order valence-electron chi connectivity index (χ3n) is 6.36. The van der Waals surface area contributed by atoms with Gasteiger partial charge in [-0.05, 0) is 29.2 Å². The zero-order chi connectivity index (χ0) is 16.6. The van der Waals surface area contributed by atoms with E-state index in [4.69, 9.17) is 0 Å². The number of hydrogen-bond acceptors (Lipinski definition) is 3. The third-order valence-corrected chi connectivity index (χ3v) is 6.36. The summed E-state index contributed by atoms with van der Waals surface area (Å²) < 4.78 is 0. The van der Waals surface area contributed by atoms with Crippen molar-refractivity contribution in [2.75, 3.05) is 0 Å². The molecule has 1 saturated heterocycles. The van der Waals surface area contributed by atoms with Crippen molar-refractivity contribution in [2.24, 2.45) is 41.4 Å². The Hall–Kier alpha value is -2.43. The fourth-order valence-corrected chi connectivity index (χ4v) is 5.42. The van der Waals surface area contributed by atoms with Crippen LogP contribution in [0.4, 0.5) is 0 Å². The van der Waals surface area contributed by atoms with Gasteiger partial charge >= 0.3 is 5.97 Å². The monoisotopic (exact) mass is 323 g/mol. The van der Waals surface area contributed by atoms with Crippen LogP contribution in [0.1, 0.15) is 5.56 Å². The molecule has 0 spiro atoms. The molecule has 5 aliphatic rings. The highest BCUT2D eigenvalue weighted by Crippen LogP contribution is 2.68. The van der Waals surface area contributed by atoms with Crippen molar-refractivity contribution in [1.29, 1.82) is 0 Å². The minimum Gasteiger partial charge on any atom is -0.481 e. The molecule has 2 saturated carbocycles. The Morgan fingerprint density at radius 2 is 1.50 bits per heavy atom. The summed E-state index contributed by atoms with van der Waals surface area (Å²) in [5.74, 6) is -2.26. The van der Waals surface area contributed by atoms with Gasteiger partial charge in [-0.3, -0.25) is 19.3 Å². The Bertz CT molecular complexity index is 748. The molecule has 6 atom stereocenters. The first-order chi connectivity index (χ1) is 11.6. The molecule has 2 bridgehead atoms. The van der Waals surface area contributed by atoms with Crippen molar-refractivity contribution in [3.63, 3.8) is 0 Å². The van der Waals surface area contributed by atoms with E-state index in [2.05, 4.69) is 0 Å². The number of likely N-dealkylation sites (tertiary alicyclic amines) is 1. The molecule has 4 aliphatic carbocycles. The zero-order valence-corrected chi connectivity index (χ0v) is 12.9.